The molecule has 0 radical (unpaired) electrons. The van der Waals surface area contributed by atoms with Crippen molar-refractivity contribution in [1.29, 1.82) is 0 Å². The third kappa shape index (κ3) is 1.97. The van der Waals surface area contributed by atoms with Gasteiger partial charge in [-0.25, -0.2) is 4.79 Å². The normalized spacial score (nSPS) is 33.5. The van der Waals surface area contributed by atoms with Crippen molar-refractivity contribution in [2.45, 2.75) is 31.8 Å². The Labute approximate surface area is 83.0 Å². The summed E-state index contributed by atoms with van der Waals surface area (Å²) in [4.78, 5) is 11.1. The summed E-state index contributed by atoms with van der Waals surface area (Å²) in [5.74, 6) is -0.405. The molecule has 2 atom stereocenters. The van der Waals surface area contributed by atoms with Gasteiger partial charge in [0.1, 0.15) is 0 Å². The molecule has 0 aromatic rings. The second-order valence-corrected chi connectivity index (χ2v) is 3.90. The lowest BCUT2D eigenvalue weighted by Gasteiger charge is -2.28. The van der Waals surface area contributed by atoms with Gasteiger partial charge in [0, 0.05) is 5.88 Å². The number of rotatable bonds is 4. The lowest BCUT2D eigenvalue weighted by atomic mass is 9.92. The zero-order valence-electron chi connectivity index (χ0n) is 7.75. The van der Waals surface area contributed by atoms with Gasteiger partial charge in [-0.2, -0.15) is 0 Å². The maximum Gasteiger partial charge on any atom is 0.336 e. The van der Waals surface area contributed by atoms with Crippen molar-refractivity contribution < 1.29 is 14.6 Å². The Morgan fingerprint density at radius 2 is 2.46 bits per heavy atom. The summed E-state index contributed by atoms with van der Waals surface area (Å²) in [6, 6.07) is 0. The van der Waals surface area contributed by atoms with E-state index in [1.165, 1.54) is 0 Å². The molecular formula is C9H15ClO3. The van der Waals surface area contributed by atoms with Crippen molar-refractivity contribution >= 4 is 17.6 Å². The van der Waals surface area contributed by atoms with Crippen LogP contribution in [0.1, 0.15) is 26.2 Å². The van der Waals surface area contributed by atoms with E-state index in [1.54, 1.807) is 0 Å². The number of carboxylic acids is 1. The molecule has 1 aliphatic carbocycles. The highest BCUT2D eigenvalue weighted by Gasteiger charge is 2.48. The van der Waals surface area contributed by atoms with Crippen LogP contribution in [0.3, 0.4) is 0 Å². The molecule has 0 saturated heterocycles. The van der Waals surface area contributed by atoms with Gasteiger partial charge in [0.05, 0.1) is 6.61 Å². The molecule has 13 heavy (non-hydrogen) atoms. The van der Waals surface area contributed by atoms with E-state index >= 15 is 0 Å². The minimum Gasteiger partial charge on any atom is -0.479 e. The third-order valence-corrected chi connectivity index (χ3v) is 2.93. The van der Waals surface area contributed by atoms with Crippen LogP contribution in [0.4, 0.5) is 0 Å². The topological polar surface area (TPSA) is 46.5 Å². The summed E-state index contributed by atoms with van der Waals surface area (Å²) in [6.45, 7) is 2.24. The number of carbonyl (C=O) groups is 1. The molecule has 0 heterocycles. The molecule has 4 heteroatoms. The highest BCUT2D eigenvalue weighted by Crippen LogP contribution is 2.38. The van der Waals surface area contributed by atoms with Gasteiger partial charge in [-0.1, -0.05) is 6.92 Å². The van der Waals surface area contributed by atoms with E-state index in [1.807, 2.05) is 6.92 Å². The summed E-state index contributed by atoms with van der Waals surface area (Å²) in [5.41, 5.74) is -0.963. The number of alkyl halides is 1. The highest BCUT2D eigenvalue weighted by atomic mass is 35.5. The third-order valence-electron chi connectivity index (χ3n) is 2.78. The number of hydrogen-bond donors (Lipinski definition) is 1. The van der Waals surface area contributed by atoms with E-state index in [0.717, 1.165) is 12.8 Å². The van der Waals surface area contributed by atoms with Crippen LogP contribution in [0.5, 0.6) is 0 Å². The molecule has 0 amide bonds. The first-order valence-electron chi connectivity index (χ1n) is 4.57. The van der Waals surface area contributed by atoms with Crippen LogP contribution in [-0.4, -0.2) is 29.2 Å². The molecule has 76 valence electrons. The van der Waals surface area contributed by atoms with Crippen LogP contribution in [0, 0.1) is 5.92 Å². The minimum absolute atomic E-state index is 0.0909. The predicted octanol–water partition coefficient (Wildman–Crippen LogP) is 1.89. The van der Waals surface area contributed by atoms with E-state index in [-0.39, 0.29) is 5.92 Å². The molecule has 1 saturated carbocycles. The van der Waals surface area contributed by atoms with Crippen LogP contribution in [-0.2, 0) is 9.53 Å². The summed E-state index contributed by atoms with van der Waals surface area (Å²) < 4.78 is 5.38. The predicted molar refractivity (Wildman–Crippen MR) is 50.1 cm³/mol. The largest absolute Gasteiger partial charge is 0.479 e. The Balaban J connectivity index is 2.68. The van der Waals surface area contributed by atoms with E-state index < -0.39 is 11.6 Å². The Morgan fingerprint density at radius 3 is 2.85 bits per heavy atom. The van der Waals surface area contributed by atoms with E-state index in [2.05, 4.69) is 0 Å². The first kappa shape index (κ1) is 10.8. The van der Waals surface area contributed by atoms with Crippen LogP contribution < -0.4 is 0 Å². The number of halogens is 1. The lowest BCUT2D eigenvalue weighted by molar-refractivity contribution is -0.169. The smallest absolute Gasteiger partial charge is 0.336 e. The van der Waals surface area contributed by atoms with Crippen molar-refractivity contribution in [2.24, 2.45) is 5.92 Å². The average Bonchev–Trinajstić information content (AvgIpc) is 2.45. The monoisotopic (exact) mass is 206 g/mol. The second kappa shape index (κ2) is 4.29. The molecule has 3 nitrogen and oxygen atoms in total. The minimum atomic E-state index is -0.963. The van der Waals surface area contributed by atoms with Gasteiger partial charge < -0.3 is 9.84 Å². The molecule has 1 N–H and O–H groups in total. The highest BCUT2D eigenvalue weighted by molar-refractivity contribution is 6.18. The van der Waals surface area contributed by atoms with Gasteiger partial charge in [-0.3, -0.25) is 0 Å². The van der Waals surface area contributed by atoms with Gasteiger partial charge in [0.15, 0.2) is 5.60 Å². The number of aliphatic carboxylic acids is 1. The lowest BCUT2D eigenvalue weighted by Crippen LogP contribution is -2.44. The number of hydrogen-bond acceptors (Lipinski definition) is 2. The Bertz CT molecular complexity index is 195. The zero-order chi connectivity index (χ0) is 9.90. The van der Waals surface area contributed by atoms with E-state index in [9.17, 15) is 4.79 Å². The van der Waals surface area contributed by atoms with Gasteiger partial charge in [0.25, 0.3) is 0 Å². The zero-order valence-corrected chi connectivity index (χ0v) is 8.51. The summed E-state index contributed by atoms with van der Waals surface area (Å²) in [5, 5.41) is 9.09. The van der Waals surface area contributed by atoms with Crippen LogP contribution in [0.25, 0.3) is 0 Å². The molecule has 1 aliphatic rings. The Morgan fingerprint density at radius 1 is 1.77 bits per heavy atom. The fourth-order valence-electron chi connectivity index (χ4n) is 1.97. The molecule has 0 aliphatic heterocycles. The SMILES string of the molecule is CC1CCCC1(OCCCl)C(=O)O. The molecule has 1 rings (SSSR count). The summed E-state index contributed by atoms with van der Waals surface area (Å²) in [7, 11) is 0. The van der Waals surface area contributed by atoms with Gasteiger partial charge in [0.2, 0.25) is 0 Å². The molecule has 0 spiro atoms. The molecule has 0 aromatic heterocycles. The maximum atomic E-state index is 11.1. The second-order valence-electron chi connectivity index (χ2n) is 3.53. The standard InChI is InChI=1S/C9H15ClO3/c1-7-3-2-4-9(7,8(11)12)13-6-5-10/h7H,2-6H2,1H3,(H,11,12). The average molecular weight is 207 g/mol. The van der Waals surface area contributed by atoms with Crippen molar-refractivity contribution in [1.82, 2.24) is 0 Å². The number of ether oxygens (including phenoxy) is 1. The molecule has 2 unspecified atom stereocenters. The van der Waals surface area contributed by atoms with Crippen molar-refractivity contribution in [3.05, 3.63) is 0 Å². The van der Waals surface area contributed by atoms with Gasteiger partial charge >= 0.3 is 5.97 Å². The van der Waals surface area contributed by atoms with Crippen LogP contribution >= 0.6 is 11.6 Å². The van der Waals surface area contributed by atoms with Crippen molar-refractivity contribution in [2.75, 3.05) is 12.5 Å². The fraction of sp³-hybridized carbons (Fsp3) is 0.889. The van der Waals surface area contributed by atoms with Crippen LogP contribution in [0.2, 0.25) is 0 Å². The first-order chi connectivity index (χ1) is 6.13. The molecular weight excluding hydrogens is 192 g/mol. The molecule has 1 fully saturated rings. The van der Waals surface area contributed by atoms with Crippen LogP contribution in [0.15, 0.2) is 0 Å². The van der Waals surface area contributed by atoms with Gasteiger partial charge in [-0.15, -0.1) is 11.6 Å². The van der Waals surface area contributed by atoms with E-state index in [0.29, 0.717) is 18.9 Å². The molecule has 0 aromatic carbocycles. The summed E-state index contributed by atoms with van der Waals surface area (Å²) in [6.07, 6.45) is 2.46. The van der Waals surface area contributed by atoms with Gasteiger partial charge in [-0.05, 0) is 25.2 Å². The Kier molecular flexibility index (Phi) is 3.56. The maximum absolute atomic E-state index is 11.1. The van der Waals surface area contributed by atoms with E-state index in [4.69, 9.17) is 21.4 Å². The summed E-state index contributed by atoms with van der Waals surface area (Å²) >= 11 is 5.48. The fourth-order valence-corrected chi connectivity index (χ4v) is 2.04. The Hall–Kier alpha value is -0.280. The number of carboxylic acid groups (broad SMARTS) is 1. The van der Waals surface area contributed by atoms with Crippen molar-refractivity contribution in [3.63, 3.8) is 0 Å². The van der Waals surface area contributed by atoms with Crippen molar-refractivity contribution in [3.8, 4) is 0 Å². The molecule has 0 bridgehead atoms. The first-order valence-corrected chi connectivity index (χ1v) is 5.10. The quantitative estimate of drug-likeness (QED) is 0.715.